The van der Waals surface area contributed by atoms with Crippen LogP contribution < -0.4 is 5.32 Å². The number of aryl methyl sites for hydroxylation is 1. The van der Waals surface area contributed by atoms with Crippen molar-refractivity contribution in [3.05, 3.63) is 29.7 Å². The maximum Gasteiger partial charge on any atom is 0.325 e. The molecule has 0 radical (unpaired) electrons. The number of carboxylic acids is 1. The molecule has 2 rings (SSSR count). The first-order chi connectivity index (χ1) is 8.49. The first-order valence-corrected chi connectivity index (χ1v) is 5.34. The molecule has 0 aliphatic heterocycles. The van der Waals surface area contributed by atoms with E-state index in [0.29, 0.717) is 17.0 Å². The molecular formula is C11H12N4O3. The lowest BCUT2D eigenvalue weighted by Crippen LogP contribution is -2.38. The van der Waals surface area contributed by atoms with Crippen LogP contribution in [0.15, 0.2) is 18.3 Å². The number of aliphatic carboxylic acids is 1. The van der Waals surface area contributed by atoms with Crippen molar-refractivity contribution in [2.75, 3.05) is 0 Å². The van der Waals surface area contributed by atoms with Gasteiger partial charge in [0.05, 0.1) is 5.56 Å². The zero-order valence-electron chi connectivity index (χ0n) is 9.91. The first-order valence-electron chi connectivity index (χ1n) is 5.34. The second-order valence-corrected chi connectivity index (χ2v) is 3.93. The van der Waals surface area contributed by atoms with E-state index in [2.05, 4.69) is 15.5 Å². The molecule has 2 aromatic rings. The number of carboxylic acid groups (broad SMARTS) is 1. The lowest BCUT2D eigenvalue weighted by molar-refractivity contribution is -0.138. The van der Waals surface area contributed by atoms with Crippen LogP contribution in [0.2, 0.25) is 0 Å². The molecule has 0 saturated heterocycles. The van der Waals surface area contributed by atoms with Crippen LogP contribution in [-0.2, 0) is 4.79 Å². The number of nitrogens with zero attached hydrogens (tertiary/aromatic N) is 3. The third kappa shape index (κ3) is 2.15. The summed E-state index contributed by atoms with van der Waals surface area (Å²) in [5.41, 5.74) is 0.994. The van der Waals surface area contributed by atoms with Gasteiger partial charge in [-0.2, -0.15) is 0 Å². The van der Waals surface area contributed by atoms with Crippen molar-refractivity contribution in [3.63, 3.8) is 0 Å². The topological polar surface area (TPSA) is 96.6 Å². The van der Waals surface area contributed by atoms with Crippen LogP contribution in [-0.4, -0.2) is 37.6 Å². The Labute approximate surface area is 102 Å². The summed E-state index contributed by atoms with van der Waals surface area (Å²) in [7, 11) is 0. The van der Waals surface area contributed by atoms with Crippen LogP contribution in [0.1, 0.15) is 23.1 Å². The fourth-order valence-corrected chi connectivity index (χ4v) is 1.48. The summed E-state index contributed by atoms with van der Waals surface area (Å²) in [6, 6.07) is 2.29. The van der Waals surface area contributed by atoms with E-state index in [1.807, 2.05) is 0 Å². The molecule has 2 aromatic heterocycles. The molecule has 0 aliphatic carbocycles. The molecule has 7 nitrogen and oxygen atoms in total. The number of carbonyl (C=O) groups is 2. The second kappa shape index (κ2) is 4.44. The number of carbonyl (C=O) groups excluding carboxylic acids is 1. The molecule has 0 aromatic carbocycles. The monoisotopic (exact) mass is 248 g/mol. The van der Waals surface area contributed by atoms with Gasteiger partial charge in [0.2, 0.25) is 0 Å². The Morgan fingerprint density at radius 3 is 2.78 bits per heavy atom. The fraction of sp³-hybridized carbons (Fsp3) is 0.273. The molecule has 1 unspecified atom stereocenters. The predicted octanol–water partition coefficient (Wildman–Crippen LogP) is 0.241. The third-order valence-electron chi connectivity index (χ3n) is 2.55. The number of nitrogens with one attached hydrogen (secondary N) is 1. The number of hydrogen-bond acceptors (Lipinski definition) is 4. The van der Waals surface area contributed by atoms with Crippen molar-refractivity contribution in [1.82, 2.24) is 19.9 Å². The molecule has 1 atom stereocenters. The lowest BCUT2D eigenvalue weighted by Gasteiger charge is -2.09. The van der Waals surface area contributed by atoms with Gasteiger partial charge in [0.25, 0.3) is 5.91 Å². The summed E-state index contributed by atoms with van der Waals surface area (Å²) < 4.78 is 1.67. The number of amides is 1. The van der Waals surface area contributed by atoms with E-state index >= 15 is 0 Å². The minimum Gasteiger partial charge on any atom is -0.480 e. The van der Waals surface area contributed by atoms with Crippen LogP contribution >= 0.6 is 0 Å². The van der Waals surface area contributed by atoms with Crippen molar-refractivity contribution in [1.29, 1.82) is 0 Å². The molecule has 0 spiro atoms. The van der Waals surface area contributed by atoms with Crippen molar-refractivity contribution >= 4 is 17.5 Å². The second-order valence-electron chi connectivity index (χ2n) is 3.93. The summed E-state index contributed by atoms with van der Waals surface area (Å²) in [5.74, 6) is -0.865. The number of fused-ring (bicyclic) bond motifs is 1. The van der Waals surface area contributed by atoms with E-state index in [1.54, 1.807) is 29.7 Å². The number of pyridine rings is 1. The highest BCUT2D eigenvalue weighted by molar-refractivity contribution is 5.96. The summed E-state index contributed by atoms with van der Waals surface area (Å²) >= 11 is 0. The molecule has 0 bridgehead atoms. The zero-order chi connectivity index (χ0) is 13.3. The van der Waals surface area contributed by atoms with Crippen LogP contribution in [0, 0.1) is 6.92 Å². The normalized spacial score (nSPS) is 12.3. The Hall–Kier alpha value is -2.44. The average molecular weight is 248 g/mol. The van der Waals surface area contributed by atoms with Crippen molar-refractivity contribution < 1.29 is 14.7 Å². The Kier molecular flexibility index (Phi) is 2.97. The maximum absolute atomic E-state index is 11.8. The van der Waals surface area contributed by atoms with Gasteiger partial charge >= 0.3 is 5.97 Å². The van der Waals surface area contributed by atoms with Crippen molar-refractivity contribution in [3.8, 4) is 0 Å². The number of aromatic nitrogens is 3. The van der Waals surface area contributed by atoms with Gasteiger partial charge in [-0.3, -0.25) is 14.0 Å². The minimum absolute atomic E-state index is 0.360. The predicted molar refractivity (Wildman–Crippen MR) is 62.3 cm³/mol. The van der Waals surface area contributed by atoms with Crippen molar-refractivity contribution in [2.24, 2.45) is 0 Å². The number of rotatable bonds is 3. The standard InChI is InChI=1S/C11H12N4O3/c1-6(11(17)18)12-10(16)8-3-4-9-14-13-7(2)15(9)5-8/h3-6H,1-2H3,(H,12,16)(H,17,18). The smallest absolute Gasteiger partial charge is 0.325 e. The van der Waals surface area contributed by atoms with Crippen LogP contribution in [0.4, 0.5) is 0 Å². The highest BCUT2D eigenvalue weighted by Gasteiger charge is 2.15. The maximum atomic E-state index is 11.8. The SMILES string of the molecule is Cc1nnc2ccc(C(=O)NC(C)C(=O)O)cn12. The number of hydrogen-bond donors (Lipinski definition) is 2. The van der Waals surface area contributed by atoms with E-state index in [9.17, 15) is 9.59 Å². The highest BCUT2D eigenvalue weighted by Crippen LogP contribution is 2.06. The van der Waals surface area contributed by atoms with E-state index in [0.717, 1.165) is 0 Å². The molecule has 18 heavy (non-hydrogen) atoms. The molecule has 2 heterocycles. The van der Waals surface area contributed by atoms with Gasteiger partial charge in [0.1, 0.15) is 11.9 Å². The van der Waals surface area contributed by atoms with E-state index in [4.69, 9.17) is 5.11 Å². The van der Waals surface area contributed by atoms with Crippen LogP contribution in [0.3, 0.4) is 0 Å². The average Bonchev–Trinajstić information content (AvgIpc) is 2.70. The Morgan fingerprint density at radius 2 is 2.11 bits per heavy atom. The highest BCUT2D eigenvalue weighted by atomic mass is 16.4. The van der Waals surface area contributed by atoms with Gasteiger partial charge in [0, 0.05) is 6.20 Å². The Balaban J connectivity index is 2.27. The van der Waals surface area contributed by atoms with Gasteiger partial charge in [-0.15, -0.1) is 10.2 Å². The van der Waals surface area contributed by atoms with Gasteiger partial charge < -0.3 is 10.4 Å². The van der Waals surface area contributed by atoms with Gasteiger partial charge in [-0.1, -0.05) is 0 Å². The Bertz CT molecular complexity index is 620. The molecule has 2 N–H and O–H groups in total. The summed E-state index contributed by atoms with van der Waals surface area (Å²) in [6.45, 7) is 3.17. The van der Waals surface area contributed by atoms with Gasteiger partial charge in [-0.25, -0.2) is 0 Å². The van der Waals surface area contributed by atoms with Crippen LogP contribution in [0.5, 0.6) is 0 Å². The van der Waals surface area contributed by atoms with E-state index in [-0.39, 0.29) is 0 Å². The first kappa shape index (κ1) is 12.0. The lowest BCUT2D eigenvalue weighted by atomic mass is 10.2. The third-order valence-corrected chi connectivity index (χ3v) is 2.55. The molecule has 0 fully saturated rings. The van der Waals surface area contributed by atoms with Crippen LogP contribution in [0.25, 0.3) is 5.65 Å². The molecule has 1 amide bonds. The quantitative estimate of drug-likeness (QED) is 0.811. The zero-order valence-corrected chi connectivity index (χ0v) is 9.91. The molecular weight excluding hydrogens is 236 g/mol. The van der Waals surface area contributed by atoms with Crippen molar-refractivity contribution in [2.45, 2.75) is 19.9 Å². The largest absolute Gasteiger partial charge is 0.480 e. The molecule has 0 saturated carbocycles. The minimum atomic E-state index is -1.08. The molecule has 0 aliphatic rings. The molecule has 7 heteroatoms. The van der Waals surface area contributed by atoms with Gasteiger partial charge in [-0.05, 0) is 26.0 Å². The fourth-order valence-electron chi connectivity index (χ4n) is 1.48. The van der Waals surface area contributed by atoms with E-state index < -0.39 is 17.9 Å². The van der Waals surface area contributed by atoms with E-state index in [1.165, 1.54) is 6.92 Å². The summed E-state index contributed by atoms with van der Waals surface area (Å²) in [5, 5.41) is 18.9. The Morgan fingerprint density at radius 1 is 1.39 bits per heavy atom. The molecule has 94 valence electrons. The summed E-state index contributed by atoms with van der Waals surface area (Å²) in [4.78, 5) is 22.5. The van der Waals surface area contributed by atoms with Gasteiger partial charge in [0.15, 0.2) is 5.65 Å². The summed E-state index contributed by atoms with van der Waals surface area (Å²) in [6.07, 6.45) is 1.58.